The van der Waals surface area contributed by atoms with Crippen LogP contribution in [0.5, 0.6) is 0 Å². The third kappa shape index (κ3) is 3.93. The van der Waals surface area contributed by atoms with Crippen molar-refractivity contribution in [3.63, 3.8) is 0 Å². The SMILES string of the molecule is CCOC(=O)c1c(NC(=O)[C@@H]2CC(=O)OC23CCCCC3)sc2c1CCCCC2. The van der Waals surface area contributed by atoms with Gasteiger partial charge in [0.1, 0.15) is 10.6 Å². The summed E-state index contributed by atoms with van der Waals surface area (Å²) in [6.45, 7) is 2.08. The summed E-state index contributed by atoms with van der Waals surface area (Å²) in [5.41, 5.74) is 0.884. The fourth-order valence-corrected chi connectivity index (χ4v) is 6.35. The van der Waals surface area contributed by atoms with Crippen molar-refractivity contribution in [1.29, 1.82) is 0 Å². The maximum atomic E-state index is 13.3. The highest BCUT2D eigenvalue weighted by Crippen LogP contribution is 2.45. The first-order chi connectivity index (χ1) is 14.0. The molecular weight excluding hydrogens is 390 g/mol. The molecule has 1 aromatic heterocycles. The third-order valence-electron chi connectivity index (χ3n) is 6.48. The molecule has 6 nitrogen and oxygen atoms in total. The van der Waals surface area contributed by atoms with Crippen LogP contribution in [0.4, 0.5) is 5.00 Å². The molecule has 2 aliphatic carbocycles. The van der Waals surface area contributed by atoms with Crippen molar-refractivity contribution in [3.8, 4) is 0 Å². The number of carbonyl (C=O) groups is 3. The molecule has 4 rings (SSSR count). The van der Waals surface area contributed by atoms with Gasteiger partial charge in [-0.05, 0) is 63.9 Å². The quantitative estimate of drug-likeness (QED) is 0.578. The van der Waals surface area contributed by atoms with Crippen molar-refractivity contribution >= 4 is 34.2 Å². The van der Waals surface area contributed by atoms with Gasteiger partial charge in [-0.25, -0.2) is 4.79 Å². The number of carbonyl (C=O) groups excluding carboxylic acids is 3. The fraction of sp³-hybridized carbons (Fsp3) is 0.682. The molecule has 2 heterocycles. The molecule has 2 fully saturated rings. The Labute approximate surface area is 175 Å². The number of esters is 2. The van der Waals surface area contributed by atoms with E-state index in [0.29, 0.717) is 17.2 Å². The van der Waals surface area contributed by atoms with E-state index < -0.39 is 11.5 Å². The average molecular weight is 420 g/mol. The number of aryl methyl sites for hydroxylation is 1. The molecule has 1 saturated heterocycles. The Morgan fingerprint density at radius 1 is 1.14 bits per heavy atom. The van der Waals surface area contributed by atoms with Crippen LogP contribution in [-0.4, -0.2) is 30.1 Å². The number of anilines is 1. The van der Waals surface area contributed by atoms with Crippen molar-refractivity contribution in [1.82, 2.24) is 0 Å². The largest absolute Gasteiger partial charge is 0.462 e. The van der Waals surface area contributed by atoms with Crippen LogP contribution < -0.4 is 5.32 Å². The average Bonchev–Trinajstić information content (AvgIpc) is 3.09. The van der Waals surface area contributed by atoms with Gasteiger partial charge in [0, 0.05) is 4.88 Å². The van der Waals surface area contributed by atoms with Gasteiger partial charge in [0.2, 0.25) is 5.91 Å². The van der Waals surface area contributed by atoms with Crippen LogP contribution in [0, 0.1) is 5.92 Å². The van der Waals surface area contributed by atoms with E-state index in [0.717, 1.165) is 69.8 Å². The summed E-state index contributed by atoms with van der Waals surface area (Å²) in [6.07, 6.45) is 9.69. The minimum Gasteiger partial charge on any atom is -0.462 e. The van der Waals surface area contributed by atoms with Gasteiger partial charge in [0.15, 0.2) is 0 Å². The van der Waals surface area contributed by atoms with Crippen molar-refractivity contribution in [2.75, 3.05) is 11.9 Å². The first-order valence-electron chi connectivity index (χ1n) is 10.9. The Morgan fingerprint density at radius 2 is 1.86 bits per heavy atom. The smallest absolute Gasteiger partial charge is 0.341 e. The zero-order chi connectivity index (χ0) is 20.4. The highest BCUT2D eigenvalue weighted by atomic mass is 32.1. The number of ether oxygens (including phenoxy) is 2. The van der Waals surface area contributed by atoms with Gasteiger partial charge in [-0.3, -0.25) is 9.59 Å². The van der Waals surface area contributed by atoms with Gasteiger partial charge in [0.05, 0.1) is 24.5 Å². The predicted octanol–water partition coefficient (Wildman–Crippen LogP) is 4.40. The van der Waals surface area contributed by atoms with Crippen molar-refractivity contribution in [2.45, 2.75) is 83.2 Å². The first kappa shape index (κ1) is 20.4. The maximum absolute atomic E-state index is 13.3. The minimum atomic E-state index is -0.669. The Hall–Kier alpha value is -1.89. The molecule has 29 heavy (non-hydrogen) atoms. The Kier molecular flexibility index (Phi) is 5.95. The Balaban J connectivity index is 1.62. The molecule has 1 N–H and O–H groups in total. The van der Waals surface area contributed by atoms with Crippen LogP contribution in [0.15, 0.2) is 0 Å². The zero-order valence-corrected chi connectivity index (χ0v) is 17.8. The lowest BCUT2D eigenvalue weighted by Crippen LogP contribution is -2.43. The minimum absolute atomic E-state index is 0.117. The fourth-order valence-electron chi connectivity index (χ4n) is 5.07. The topological polar surface area (TPSA) is 81.7 Å². The highest BCUT2D eigenvalue weighted by Gasteiger charge is 2.53. The standard InChI is InChI=1S/C22H29NO5S/c1-2-27-21(26)18-14-9-5-3-6-10-16(14)29-20(18)23-19(25)15-13-17(24)28-22(15)11-7-4-8-12-22/h15H,2-13H2,1H3,(H,23,25)/t15-/m0/s1. The van der Waals surface area contributed by atoms with Crippen LogP contribution in [0.25, 0.3) is 0 Å². The van der Waals surface area contributed by atoms with E-state index in [2.05, 4.69) is 5.32 Å². The van der Waals surface area contributed by atoms with Crippen LogP contribution in [0.3, 0.4) is 0 Å². The van der Waals surface area contributed by atoms with Crippen LogP contribution in [0.1, 0.15) is 85.5 Å². The molecule has 7 heteroatoms. The van der Waals surface area contributed by atoms with Crippen LogP contribution in [-0.2, 0) is 31.9 Å². The van der Waals surface area contributed by atoms with E-state index in [1.165, 1.54) is 16.2 Å². The molecule has 1 saturated carbocycles. The summed E-state index contributed by atoms with van der Waals surface area (Å²) < 4.78 is 11.0. The van der Waals surface area contributed by atoms with Gasteiger partial charge in [0.25, 0.3) is 0 Å². The summed E-state index contributed by atoms with van der Waals surface area (Å²) >= 11 is 1.49. The van der Waals surface area contributed by atoms with Crippen molar-refractivity contribution in [3.05, 3.63) is 16.0 Å². The molecule has 0 bridgehead atoms. The highest BCUT2D eigenvalue weighted by molar-refractivity contribution is 7.17. The molecule has 1 aliphatic heterocycles. The molecule has 1 aromatic rings. The van der Waals surface area contributed by atoms with Gasteiger partial charge in [-0.15, -0.1) is 11.3 Å². The summed E-state index contributed by atoms with van der Waals surface area (Å²) in [5, 5.41) is 3.58. The summed E-state index contributed by atoms with van der Waals surface area (Å²) in [7, 11) is 0. The summed E-state index contributed by atoms with van der Waals surface area (Å²) in [5.74, 6) is -1.36. The van der Waals surface area contributed by atoms with E-state index in [-0.39, 0.29) is 24.3 Å². The van der Waals surface area contributed by atoms with Gasteiger partial charge in [-0.2, -0.15) is 0 Å². The normalized spacial score (nSPS) is 23.2. The molecule has 3 aliphatic rings. The van der Waals surface area contributed by atoms with E-state index >= 15 is 0 Å². The Bertz CT molecular complexity index is 808. The second kappa shape index (κ2) is 8.46. The summed E-state index contributed by atoms with van der Waals surface area (Å²) in [4.78, 5) is 39.2. The molecule has 0 radical (unpaired) electrons. The van der Waals surface area contributed by atoms with Gasteiger partial charge >= 0.3 is 11.9 Å². The maximum Gasteiger partial charge on any atom is 0.341 e. The molecular formula is C22H29NO5S. The number of nitrogens with one attached hydrogen (secondary N) is 1. The number of hydrogen-bond donors (Lipinski definition) is 1. The number of fused-ring (bicyclic) bond motifs is 1. The first-order valence-corrected chi connectivity index (χ1v) is 11.7. The molecule has 1 atom stereocenters. The number of hydrogen-bond acceptors (Lipinski definition) is 6. The summed E-state index contributed by atoms with van der Waals surface area (Å²) in [6, 6.07) is 0. The lowest BCUT2D eigenvalue weighted by molar-refractivity contribution is -0.153. The molecule has 0 unspecified atom stereocenters. The molecule has 1 amide bonds. The van der Waals surface area contributed by atoms with E-state index in [1.807, 2.05) is 0 Å². The second-order valence-electron chi connectivity index (χ2n) is 8.33. The zero-order valence-electron chi connectivity index (χ0n) is 17.0. The molecule has 158 valence electrons. The van der Waals surface area contributed by atoms with Crippen LogP contribution in [0.2, 0.25) is 0 Å². The molecule has 1 spiro atoms. The van der Waals surface area contributed by atoms with E-state index in [4.69, 9.17) is 9.47 Å². The van der Waals surface area contributed by atoms with Gasteiger partial charge < -0.3 is 14.8 Å². The lowest BCUT2D eigenvalue weighted by atomic mass is 9.75. The third-order valence-corrected chi connectivity index (χ3v) is 7.68. The number of thiophene rings is 1. The number of rotatable bonds is 4. The second-order valence-corrected chi connectivity index (χ2v) is 9.44. The monoisotopic (exact) mass is 419 g/mol. The van der Waals surface area contributed by atoms with Crippen LogP contribution >= 0.6 is 11.3 Å². The predicted molar refractivity (Wildman–Crippen MR) is 110 cm³/mol. The molecule has 0 aromatic carbocycles. The number of amides is 1. The van der Waals surface area contributed by atoms with Crippen molar-refractivity contribution in [2.24, 2.45) is 5.92 Å². The van der Waals surface area contributed by atoms with E-state index in [1.54, 1.807) is 6.92 Å². The van der Waals surface area contributed by atoms with E-state index in [9.17, 15) is 14.4 Å². The van der Waals surface area contributed by atoms with Crippen molar-refractivity contribution < 1.29 is 23.9 Å². The Morgan fingerprint density at radius 3 is 2.62 bits per heavy atom. The lowest BCUT2D eigenvalue weighted by Gasteiger charge is -2.35. The van der Waals surface area contributed by atoms with Gasteiger partial charge in [-0.1, -0.05) is 12.8 Å².